The number of benzene rings is 1. The van der Waals surface area contributed by atoms with E-state index in [9.17, 15) is 18.8 Å². The molecule has 0 saturated heterocycles. The van der Waals surface area contributed by atoms with Crippen LogP contribution in [0.5, 0.6) is 0 Å². The highest BCUT2D eigenvalue weighted by atomic mass is 19.1. The van der Waals surface area contributed by atoms with Gasteiger partial charge >= 0.3 is 18.0 Å². The van der Waals surface area contributed by atoms with E-state index in [-0.39, 0.29) is 0 Å². The van der Waals surface area contributed by atoms with Crippen LogP contribution in [-0.2, 0) is 9.59 Å². The van der Waals surface area contributed by atoms with Gasteiger partial charge in [-0.2, -0.15) is 0 Å². The molecular formula is C12H13FN2O5. The van der Waals surface area contributed by atoms with Gasteiger partial charge in [0, 0.05) is 12.7 Å². The summed E-state index contributed by atoms with van der Waals surface area (Å²) >= 11 is 0. The van der Waals surface area contributed by atoms with Crippen LogP contribution in [-0.4, -0.2) is 53.2 Å². The summed E-state index contributed by atoms with van der Waals surface area (Å²) in [6, 6.07) is 4.12. The second-order valence-electron chi connectivity index (χ2n) is 3.96. The van der Waals surface area contributed by atoms with Gasteiger partial charge in [0.05, 0.1) is 0 Å². The van der Waals surface area contributed by atoms with Crippen LogP contribution in [0.2, 0.25) is 0 Å². The Bertz CT molecular complexity index is 501. The molecule has 2 amide bonds. The fourth-order valence-electron chi connectivity index (χ4n) is 1.50. The monoisotopic (exact) mass is 284 g/mol. The Morgan fingerprint density at radius 3 is 1.90 bits per heavy atom. The van der Waals surface area contributed by atoms with Gasteiger partial charge in [-0.05, 0) is 24.3 Å². The minimum atomic E-state index is -1.33. The normalized spacial score (nSPS) is 9.90. The molecule has 2 N–H and O–H groups in total. The lowest BCUT2D eigenvalue weighted by molar-refractivity contribution is -0.140. The van der Waals surface area contributed by atoms with Gasteiger partial charge in [0.15, 0.2) is 0 Å². The quantitative estimate of drug-likeness (QED) is 0.835. The molecule has 0 aliphatic carbocycles. The molecule has 0 aliphatic heterocycles. The summed E-state index contributed by atoms with van der Waals surface area (Å²) in [4.78, 5) is 35.0. The molecule has 0 unspecified atom stereocenters. The fourth-order valence-corrected chi connectivity index (χ4v) is 1.50. The summed E-state index contributed by atoms with van der Waals surface area (Å²) in [6.07, 6.45) is 0. The van der Waals surface area contributed by atoms with Crippen molar-refractivity contribution in [2.45, 2.75) is 0 Å². The third-order valence-corrected chi connectivity index (χ3v) is 2.42. The number of halogens is 1. The van der Waals surface area contributed by atoms with Crippen LogP contribution in [0.15, 0.2) is 24.3 Å². The lowest BCUT2D eigenvalue weighted by Crippen LogP contribution is -2.46. The highest BCUT2D eigenvalue weighted by Gasteiger charge is 2.23. The van der Waals surface area contributed by atoms with Gasteiger partial charge in [0.25, 0.3) is 0 Å². The van der Waals surface area contributed by atoms with Gasteiger partial charge in [0.2, 0.25) is 0 Å². The van der Waals surface area contributed by atoms with Gasteiger partial charge in [-0.3, -0.25) is 14.5 Å². The first-order valence-electron chi connectivity index (χ1n) is 5.53. The lowest BCUT2D eigenvalue weighted by atomic mass is 10.3. The van der Waals surface area contributed by atoms with Crippen LogP contribution < -0.4 is 4.90 Å². The molecule has 0 aromatic heterocycles. The summed E-state index contributed by atoms with van der Waals surface area (Å²) in [5, 5.41) is 17.4. The van der Waals surface area contributed by atoms with Crippen LogP contribution in [0.25, 0.3) is 0 Å². The first kappa shape index (κ1) is 15.4. The van der Waals surface area contributed by atoms with Crippen molar-refractivity contribution in [1.29, 1.82) is 0 Å². The lowest BCUT2D eigenvalue weighted by Gasteiger charge is -2.25. The third kappa shape index (κ3) is 4.23. The Hall–Kier alpha value is -2.64. The maximum Gasteiger partial charge on any atom is 0.325 e. The van der Waals surface area contributed by atoms with Crippen LogP contribution in [0.4, 0.5) is 14.9 Å². The Balaban J connectivity index is 2.89. The van der Waals surface area contributed by atoms with E-state index in [0.717, 1.165) is 17.0 Å². The molecule has 0 radical (unpaired) electrons. The molecule has 1 rings (SSSR count). The van der Waals surface area contributed by atoms with Crippen LogP contribution >= 0.6 is 0 Å². The topological polar surface area (TPSA) is 98.2 Å². The maximum atomic E-state index is 12.8. The Morgan fingerprint density at radius 2 is 1.50 bits per heavy atom. The maximum absolute atomic E-state index is 12.8. The number of urea groups is 1. The molecule has 0 heterocycles. The number of rotatable bonds is 5. The minimum absolute atomic E-state index is 0.317. The molecule has 7 nitrogen and oxygen atoms in total. The van der Waals surface area contributed by atoms with E-state index in [1.165, 1.54) is 19.2 Å². The van der Waals surface area contributed by atoms with E-state index in [1.54, 1.807) is 0 Å². The molecular weight excluding hydrogens is 271 g/mol. The average Bonchev–Trinajstić information content (AvgIpc) is 2.36. The molecule has 1 aromatic rings. The van der Waals surface area contributed by atoms with Crippen molar-refractivity contribution in [2.24, 2.45) is 0 Å². The summed E-state index contributed by atoms with van der Waals surface area (Å²) in [5.74, 6) is -3.14. The van der Waals surface area contributed by atoms with Gasteiger partial charge in [-0.25, -0.2) is 9.18 Å². The van der Waals surface area contributed by atoms with Crippen molar-refractivity contribution >= 4 is 23.7 Å². The van der Waals surface area contributed by atoms with E-state index < -0.39 is 36.9 Å². The molecule has 0 fully saturated rings. The first-order valence-corrected chi connectivity index (χ1v) is 5.53. The minimum Gasteiger partial charge on any atom is -0.480 e. The number of carboxylic acid groups (broad SMARTS) is 2. The fraction of sp³-hybridized carbons (Fsp3) is 0.250. The Labute approximate surface area is 113 Å². The number of carboxylic acids is 2. The summed E-state index contributed by atoms with van der Waals surface area (Å²) in [7, 11) is 1.34. The predicted molar refractivity (Wildman–Crippen MR) is 67.0 cm³/mol. The molecule has 20 heavy (non-hydrogen) atoms. The third-order valence-electron chi connectivity index (χ3n) is 2.42. The van der Waals surface area contributed by atoms with E-state index in [4.69, 9.17) is 10.2 Å². The smallest absolute Gasteiger partial charge is 0.325 e. The second kappa shape index (κ2) is 6.50. The average molecular weight is 284 g/mol. The summed E-state index contributed by atoms with van der Waals surface area (Å²) < 4.78 is 12.8. The van der Waals surface area contributed by atoms with Crippen molar-refractivity contribution in [3.05, 3.63) is 30.1 Å². The van der Waals surface area contributed by atoms with Gasteiger partial charge < -0.3 is 15.1 Å². The van der Waals surface area contributed by atoms with Crippen LogP contribution in [0.1, 0.15) is 0 Å². The van der Waals surface area contributed by atoms with Crippen LogP contribution in [0, 0.1) is 5.82 Å². The van der Waals surface area contributed by atoms with E-state index >= 15 is 0 Å². The van der Waals surface area contributed by atoms with Crippen LogP contribution in [0.3, 0.4) is 0 Å². The number of anilines is 1. The number of nitrogens with zero attached hydrogens (tertiary/aromatic N) is 2. The SMILES string of the molecule is CN(C(=O)N(CC(=O)O)CC(=O)O)c1ccc(F)cc1. The largest absolute Gasteiger partial charge is 0.480 e. The molecule has 1 aromatic carbocycles. The number of amides is 2. The number of hydrogen-bond donors (Lipinski definition) is 2. The molecule has 108 valence electrons. The highest BCUT2D eigenvalue weighted by Crippen LogP contribution is 2.14. The zero-order valence-corrected chi connectivity index (χ0v) is 10.6. The predicted octanol–water partition coefficient (Wildman–Crippen LogP) is 0.853. The molecule has 0 saturated carbocycles. The van der Waals surface area contributed by atoms with Crippen molar-refractivity contribution in [3.63, 3.8) is 0 Å². The molecule has 0 bridgehead atoms. The van der Waals surface area contributed by atoms with Gasteiger partial charge in [-0.15, -0.1) is 0 Å². The number of carbonyl (C=O) groups excluding carboxylic acids is 1. The molecule has 8 heteroatoms. The summed E-state index contributed by atoms with van der Waals surface area (Å²) in [5.41, 5.74) is 0.317. The first-order chi connectivity index (χ1) is 9.31. The Kier molecular flexibility index (Phi) is 5.01. The molecule has 0 aliphatic rings. The van der Waals surface area contributed by atoms with Crippen molar-refractivity contribution in [2.75, 3.05) is 25.0 Å². The number of hydrogen-bond acceptors (Lipinski definition) is 3. The standard InChI is InChI=1S/C12H13FN2O5/c1-14(9-4-2-8(13)3-5-9)12(20)15(6-10(16)17)7-11(18)19/h2-5H,6-7H2,1H3,(H,16,17)(H,18,19). The summed E-state index contributed by atoms with van der Waals surface area (Å²) in [6.45, 7) is -1.48. The van der Waals surface area contributed by atoms with Crippen molar-refractivity contribution < 1.29 is 29.0 Å². The molecule has 0 atom stereocenters. The second-order valence-corrected chi connectivity index (χ2v) is 3.96. The zero-order chi connectivity index (χ0) is 15.3. The molecule has 0 spiro atoms. The Morgan fingerprint density at radius 1 is 1.05 bits per heavy atom. The van der Waals surface area contributed by atoms with E-state index in [2.05, 4.69) is 0 Å². The zero-order valence-electron chi connectivity index (χ0n) is 10.6. The van der Waals surface area contributed by atoms with Gasteiger partial charge in [-0.1, -0.05) is 0 Å². The van der Waals surface area contributed by atoms with Gasteiger partial charge in [0.1, 0.15) is 18.9 Å². The number of aliphatic carboxylic acids is 2. The number of carbonyl (C=O) groups is 3. The van der Waals surface area contributed by atoms with Crippen molar-refractivity contribution in [1.82, 2.24) is 4.90 Å². The highest BCUT2D eigenvalue weighted by molar-refractivity contribution is 5.94. The van der Waals surface area contributed by atoms with E-state index in [0.29, 0.717) is 10.6 Å². The van der Waals surface area contributed by atoms with E-state index in [1.807, 2.05) is 0 Å². The van der Waals surface area contributed by atoms with Crippen molar-refractivity contribution in [3.8, 4) is 0 Å².